The standard InChI is InChI=1S/C16H20ClNO2/c1-11(18-10-16(19-2)20-3)15-9-13(17)8-12-6-4-5-7-14(12)15/h4-9,11,16,18H,10H2,1-3H3/t11-/m1/s1. The van der Waals surface area contributed by atoms with Crippen LogP contribution in [0, 0.1) is 0 Å². The fourth-order valence-corrected chi connectivity index (χ4v) is 2.54. The smallest absolute Gasteiger partial charge is 0.169 e. The molecular weight excluding hydrogens is 274 g/mol. The molecule has 0 fully saturated rings. The van der Waals surface area contributed by atoms with Crippen LogP contribution < -0.4 is 5.32 Å². The van der Waals surface area contributed by atoms with Crippen molar-refractivity contribution in [3.63, 3.8) is 0 Å². The predicted octanol–water partition coefficient (Wildman–Crippen LogP) is 3.76. The molecule has 0 amide bonds. The number of methoxy groups -OCH3 is 2. The summed E-state index contributed by atoms with van der Waals surface area (Å²) in [4.78, 5) is 0. The molecule has 3 nitrogen and oxygen atoms in total. The minimum Gasteiger partial charge on any atom is -0.355 e. The first-order valence-corrected chi connectivity index (χ1v) is 7.00. The summed E-state index contributed by atoms with van der Waals surface area (Å²) >= 11 is 6.21. The summed E-state index contributed by atoms with van der Waals surface area (Å²) in [5.74, 6) is 0. The van der Waals surface area contributed by atoms with E-state index in [0.717, 1.165) is 10.4 Å². The first-order valence-electron chi connectivity index (χ1n) is 6.63. The van der Waals surface area contributed by atoms with Gasteiger partial charge in [-0.05, 0) is 35.4 Å². The lowest BCUT2D eigenvalue weighted by atomic mass is 9.99. The lowest BCUT2D eigenvalue weighted by molar-refractivity contribution is -0.0997. The Morgan fingerprint density at radius 3 is 2.55 bits per heavy atom. The fourth-order valence-electron chi connectivity index (χ4n) is 2.31. The van der Waals surface area contributed by atoms with E-state index in [-0.39, 0.29) is 12.3 Å². The third kappa shape index (κ3) is 3.49. The molecule has 2 aromatic rings. The van der Waals surface area contributed by atoms with E-state index in [1.165, 1.54) is 10.9 Å². The number of fused-ring (bicyclic) bond motifs is 1. The summed E-state index contributed by atoms with van der Waals surface area (Å²) in [7, 11) is 3.27. The monoisotopic (exact) mass is 293 g/mol. The molecule has 0 spiro atoms. The maximum absolute atomic E-state index is 6.21. The molecule has 0 saturated carbocycles. The van der Waals surface area contributed by atoms with Crippen LogP contribution in [0.25, 0.3) is 10.8 Å². The highest BCUT2D eigenvalue weighted by molar-refractivity contribution is 6.31. The van der Waals surface area contributed by atoms with Gasteiger partial charge in [-0.25, -0.2) is 0 Å². The first-order chi connectivity index (χ1) is 9.65. The zero-order valence-corrected chi connectivity index (χ0v) is 12.8. The summed E-state index contributed by atoms with van der Waals surface area (Å²) in [5.41, 5.74) is 1.18. The molecule has 20 heavy (non-hydrogen) atoms. The SMILES string of the molecule is COC(CN[C@H](C)c1cc(Cl)cc2ccccc12)OC. The molecule has 0 aliphatic rings. The number of ether oxygens (including phenoxy) is 2. The lowest BCUT2D eigenvalue weighted by Crippen LogP contribution is -2.31. The molecule has 108 valence electrons. The van der Waals surface area contributed by atoms with E-state index in [9.17, 15) is 0 Å². The fraction of sp³-hybridized carbons (Fsp3) is 0.375. The minimum atomic E-state index is -0.247. The summed E-state index contributed by atoms with van der Waals surface area (Å²) < 4.78 is 10.4. The molecule has 1 atom stereocenters. The van der Waals surface area contributed by atoms with Gasteiger partial charge in [0.25, 0.3) is 0 Å². The Morgan fingerprint density at radius 2 is 1.85 bits per heavy atom. The van der Waals surface area contributed by atoms with Crippen molar-refractivity contribution >= 4 is 22.4 Å². The van der Waals surface area contributed by atoms with Crippen LogP contribution in [0.2, 0.25) is 5.02 Å². The Kier molecular flexibility index (Phi) is 5.38. The topological polar surface area (TPSA) is 30.5 Å². The minimum absolute atomic E-state index is 0.159. The van der Waals surface area contributed by atoms with Crippen LogP contribution in [-0.2, 0) is 9.47 Å². The zero-order valence-electron chi connectivity index (χ0n) is 12.0. The van der Waals surface area contributed by atoms with E-state index in [1.54, 1.807) is 14.2 Å². The van der Waals surface area contributed by atoms with Crippen LogP contribution >= 0.6 is 11.6 Å². The van der Waals surface area contributed by atoms with Crippen molar-refractivity contribution in [1.82, 2.24) is 5.32 Å². The molecule has 0 radical (unpaired) electrons. The second-order valence-electron chi connectivity index (χ2n) is 4.75. The molecule has 0 unspecified atom stereocenters. The van der Waals surface area contributed by atoms with E-state index >= 15 is 0 Å². The van der Waals surface area contributed by atoms with Gasteiger partial charge < -0.3 is 14.8 Å². The van der Waals surface area contributed by atoms with Crippen molar-refractivity contribution in [3.8, 4) is 0 Å². The largest absolute Gasteiger partial charge is 0.355 e. The number of hydrogen-bond acceptors (Lipinski definition) is 3. The molecule has 0 saturated heterocycles. The summed E-state index contributed by atoms with van der Waals surface area (Å²) in [6, 6.07) is 12.4. The Labute approximate surface area is 124 Å². The second-order valence-corrected chi connectivity index (χ2v) is 5.18. The van der Waals surface area contributed by atoms with Gasteiger partial charge in [0.2, 0.25) is 0 Å². The second kappa shape index (κ2) is 7.04. The molecular formula is C16H20ClNO2. The zero-order chi connectivity index (χ0) is 14.5. The molecule has 2 rings (SSSR count). The Morgan fingerprint density at radius 1 is 1.15 bits per heavy atom. The van der Waals surface area contributed by atoms with Gasteiger partial charge in [0.05, 0.1) is 0 Å². The maximum atomic E-state index is 6.21. The number of rotatable bonds is 6. The molecule has 2 aromatic carbocycles. The lowest BCUT2D eigenvalue weighted by Gasteiger charge is -2.20. The van der Waals surface area contributed by atoms with Gasteiger partial charge in [-0.2, -0.15) is 0 Å². The van der Waals surface area contributed by atoms with Gasteiger partial charge in [0.15, 0.2) is 6.29 Å². The molecule has 0 bridgehead atoms. The number of hydrogen-bond donors (Lipinski definition) is 1. The summed E-state index contributed by atoms with van der Waals surface area (Å²) in [6.45, 7) is 2.73. The average Bonchev–Trinajstić information content (AvgIpc) is 2.47. The molecule has 0 aliphatic carbocycles. The number of nitrogens with one attached hydrogen (secondary N) is 1. The molecule has 1 N–H and O–H groups in total. The van der Waals surface area contributed by atoms with Crippen LogP contribution in [0.4, 0.5) is 0 Å². The quantitative estimate of drug-likeness (QED) is 0.823. The normalized spacial score (nSPS) is 13.1. The van der Waals surface area contributed by atoms with Crippen LogP contribution in [0.3, 0.4) is 0 Å². The summed E-state index contributed by atoms with van der Waals surface area (Å²) in [6.07, 6.45) is -0.247. The number of benzene rings is 2. The van der Waals surface area contributed by atoms with Crippen molar-refractivity contribution in [2.45, 2.75) is 19.3 Å². The summed E-state index contributed by atoms with van der Waals surface area (Å²) in [5, 5.41) is 6.53. The van der Waals surface area contributed by atoms with Crippen LogP contribution in [-0.4, -0.2) is 27.1 Å². The van der Waals surface area contributed by atoms with Crippen LogP contribution in [0.1, 0.15) is 18.5 Å². The number of halogens is 1. The van der Waals surface area contributed by atoms with Crippen molar-refractivity contribution in [2.75, 3.05) is 20.8 Å². The van der Waals surface area contributed by atoms with E-state index in [2.05, 4.69) is 24.4 Å². The highest BCUT2D eigenvalue weighted by Crippen LogP contribution is 2.28. The van der Waals surface area contributed by atoms with Crippen molar-refractivity contribution in [2.24, 2.45) is 0 Å². The van der Waals surface area contributed by atoms with Crippen molar-refractivity contribution in [3.05, 3.63) is 47.0 Å². The Bertz CT molecular complexity index is 569. The maximum Gasteiger partial charge on any atom is 0.169 e. The Hall–Kier alpha value is -1.13. The van der Waals surface area contributed by atoms with Crippen LogP contribution in [0.5, 0.6) is 0 Å². The van der Waals surface area contributed by atoms with Gasteiger partial charge >= 0.3 is 0 Å². The third-order valence-corrected chi connectivity index (χ3v) is 3.66. The van der Waals surface area contributed by atoms with E-state index in [1.807, 2.05) is 24.3 Å². The van der Waals surface area contributed by atoms with Gasteiger partial charge in [0, 0.05) is 31.8 Å². The highest BCUT2D eigenvalue weighted by atomic mass is 35.5. The van der Waals surface area contributed by atoms with Gasteiger partial charge in [-0.3, -0.25) is 0 Å². The highest BCUT2D eigenvalue weighted by Gasteiger charge is 2.12. The van der Waals surface area contributed by atoms with Crippen molar-refractivity contribution < 1.29 is 9.47 Å². The van der Waals surface area contributed by atoms with Gasteiger partial charge in [-0.1, -0.05) is 35.9 Å². The first kappa shape index (κ1) is 15.3. The van der Waals surface area contributed by atoms with E-state index in [4.69, 9.17) is 21.1 Å². The Balaban J connectivity index is 2.23. The molecule has 4 heteroatoms. The predicted molar refractivity (Wildman–Crippen MR) is 83.2 cm³/mol. The molecule has 0 aromatic heterocycles. The molecule has 0 heterocycles. The van der Waals surface area contributed by atoms with Crippen molar-refractivity contribution in [1.29, 1.82) is 0 Å². The molecule has 0 aliphatic heterocycles. The van der Waals surface area contributed by atoms with E-state index in [0.29, 0.717) is 6.54 Å². The third-order valence-electron chi connectivity index (χ3n) is 3.44. The van der Waals surface area contributed by atoms with E-state index < -0.39 is 0 Å². The average molecular weight is 294 g/mol. The van der Waals surface area contributed by atoms with Gasteiger partial charge in [0.1, 0.15) is 0 Å². The van der Waals surface area contributed by atoms with Crippen LogP contribution in [0.15, 0.2) is 36.4 Å². The van der Waals surface area contributed by atoms with Gasteiger partial charge in [-0.15, -0.1) is 0 Å².